The van der Waals surface area contributed by atoms with Crippen LogP contribution in [0.15, 0.2) is 30.3 Å². The van der Waals surface area contributed by atoms with Gasteiger partial charge in [-0.2, -0.15) is 0 Å². The first-order valence-corrected chi connectivity index (χ1v) is 5.36. The van der Waals surface area contributed by atoms with Gasteiger partial charge < -0.3 is 0 Å². The second-order valence-electron chi connectivity index (χ2n) is 4.32. The van der Waals surface area contributed by atoms with Gasteiger partial charge in [0, 0.05) is 0 Å². The maximum absolute atomic E-state index is 3.48. The van der Waals surface area contributed by atoms with Crippen LogP contribution in [0.3, 0.4) is 0 Å². The summed E-state index contributed by atoms with van der Waals surface area (Å²) in [5.41, 5.74) is 8.26. The van der Waals surface area contributed by atoms with Gasteiger partial charge in [-0.15, -0.1) is 0 Å². The van der Waals surface area contributed by atoms with E-state index in [1.54, 1.807) is 0 Å². The zero-order valence-electron chi connectivity index (χ0n) is 9.09. The van der Waals surface area contributed by atoms with Crippen molar-refractivity contribution in [1.29, 1.82) is 0 Å². The van der Waals surface area contributed by atoms with E-state index < -0.39 is 0 Å². The Kier molecular flexibility index (Phi) is 1.72. The minimum Gasteiger partial charge on any atom is -0.0619 e. The van der Waals surface area contributed by atoms with Crippen LogP contribution in [0.1, 0.15) is 22.3 Å². The van der Waals surface area contributed by atoms with Crippen molar-refractivity contribution in [3.63, 3.8) is 0 Å². The summed E-state index contributed by atoms with van der Waals surface area (Å²) >= 11 is 0. The highest BCUT2D eigenvalue weighted by atomic mass is 14.2. The molecule has 0 saturated carbocycles. The Morgan fingerprint density at radius 1 is 1.13 bits per heavy atom. The zero-order valence-corrected chi connectivity index (χ0v) is 9.09. The molecule has 1 aliphatic carbocycles. The fraction of sp³-hybridized carbons (Fsp3) is 0.200. The Morgan fingerprint density at radius 3 is 2.80 bits per heavy atom. The van der Waals surface area contributed by atoms with Crippen molar-refractivity contribution in [1.82, 2.24) is 0 Å². The molecule has 0 saturated heterocycles. The van der Waals surface area contributed by atoms with E-state index in [4.69, 9.17) is 0 Å². The highest BCUT2D eigenvalue weighted by molar-refractivity contribution is 5.79. The Hall–Kier alpha value is -1.56. The number of aryl methyl sites for hydroxylation is 2. The Labute approximate surface area is 90.6 Å². The molecular weight excluding hydrogens is 180 g/mol. The predicted octanol–water partition coefficient (Wildman–Crippen LogP) is 3.67. The van der Waals surface area contributed by atoms with Crippen LogP contribution in [0.4, 0.5) is 0 Å². The average molecular weight is 193 g/mol. The third kappa shape index (κ3) is 1.21. The molecule has 0 nitrogen and oxygen atoms in total. The number of hydrogen-bond acceptors (Lipinski definition) is 0. The highest BCUT2D eigenvalue weighted by Crippen LogP contribution is 2.38. The second-order valence-corrected chi connectivity index (χ2v) is 4.32. The quantitative estimate of drug-likeness (QED) is 0.511. The van der Waals surface area contributed by atoms with Crippen LogP contribution in [0, 0.1) is 19.9 Å². The van der Waals surface area contributed by atoms with E-state index in [-0.39, 0.29) is 0 Å². The molecule has 0 aromatic heterocycles. The van der Waals surface area contributed by atoms with Gasteiger partial charge in [-0.1, -0.05) is 30.3 Å². The average Bonchev–Trinajstić information content (AvgIpc) is 2.54. The van der Waals surface area contributed by atoms with Gasteiger partial charge in [0.1, 0.15) is 0 Å². The Balaban J connectivity index is 2.33. The van der Waals surface area contributed by atoms with Gasteiger partial charge in [0.2, 0.25) is 0 Å². The summed E-state index contributed by atoms with van der Waals surface area (Å²) in [4.78, 5) is 0. The van der Waals surface area contributed by atoms with Crippen LogP contribution in [0.5, 0.6) is 0 Å². The molecule has 0 amide bonds. The Morgan fingerprint density at radius 2 is 1.93 bits per heavy atom. The first kappa shape index (κ1) is 8.72. The Bertz CT molecular complexity index is 536. The van der Waals surface area contributed by atoms with Crippen molar-refractivity contribution in [3.05, 3.63) is 58.7 Å². The number of fused-ring (bicyclic) bond motifs is 3. The fourth-order valence-electron chi connectivity index (χ4n) is 2.59. The normalized spacial score (nSPS) is 12.4. The molecular formula is C15H13. The van der Waals surface area contributed by atoms with Crippen molar-refractivity contribution < 1.29 is 0 Å². The molecule has 2 aromatic carbocycles. The molecule has 1 aliphatic rings. The summed E-state index contributed by atoms with van der Waals surface area (Å²) < 4.78 is 0. The lowest BCUT2D eigenvalue weighted by molar-refractivity contribution is 1.23. The lowest BCUT2D eigenvalue weighted by atomic mass is 9.98. The van der Waals surface area contributed by atoms with Gasteiger partial charge in [-0.25, -0.2) is 0 Å². The third-order valence-electron chi connectivity index (χ3n) is 3.13. The smallest absolute Gasteiger partial charge is 0.000708 e. The molecule has 3 rings (SSSR count). The topological polar surface area (TPSA) is 0 Å². The third-order valence-corrected chi connectivity index (χ3v) is 3.13. The van der Waals surface area contributed by atoms with E-state index in [0.717, 1.165) is 6.42 Å². The van der Waals surface area contributed by atoms with E-state index in [9.17, 15) is 0 Å². The highest BCUT2D eigenvalue weighted by Gasteiger charge is 2.19. The molecule has 1 radical (unpaired) electrons. The molecule has 0 heterocycles. The largest absolute Gasteiger partial charge is 0.0619 e. The molecule has 0 unspecified atom stereocenters. The lowest BCUT2D eigenvalue weighted by Crippen LogP contribution is -1.87. The molecule has 0 bridgehead atoms. The van der Waals surface area contributed by atoms with Crippen LogP contribution >= 0.6 is 0 Å². The second kappa shape index (κ2) is 2.96. The fourth-order valence-corrected chi connectivity index (χ4v) is 2.59. The van der Waals surface area contributed by atoms with E-state index in [1.165, 1.54) is 33.4 Å². The SMILES string of the molecule is Cc1[c]c2c(c(C)c1)-c1ccccc1C2. The van der Waals surface area contributed by atoms with E-state index in [1.807, 2.05) is 0 Å². The molecule has 0 atom stereocenters. The summed E-state index contributed by atoms with van der Waals surface area (Å²) in [6.07, 6.45) is 1.05. The molecule has 2 aromatic rings. The van der Waals surface area contributed by atoms with Crippen LogP contribution < -0.4 is 0 Å². The molecule has 73 valence electrons. The standard InChI is InChI=1S/C15H13/c1-10-7-11(2)15-13(8-10)9-12-5-3-4-6-14(12)15/h3-7H,9H2,1-2H3. The predicted molar refractivity (Wildman–Crippen MR) is 63.0 cm³/mol. The van der Waals surface area contributed by atoms with Crippen molar-refractivity contribution in [2.24, 2.45) is 0 Å². The molecule has 15 heavy (non-hydrogen) atoms. The number of hydrogen-bond donors (Lipinski definition) is 0. The monoisotopic (exact) mass is 193 g/mol. The van der Waals surface area contributed by atoms with Crippen LogP contribution in [0.2, 0.25) is 0 Å². The van der Waals surface area contributed by atoms with Gasteiger partial charge in [0.05, 0.1) is 0 Å². The maximum Gasteiger partial charge on any atom is -0.000708 e. The van der Waals surface area contributed by atoms with Gasteiger partial charge in [-0.3, -0.25) is 0 Å². The van der Waals surface area contributed by atoms with Crippen LogP contribution in [-0.4, -0.2) is 0 Å². The summed E-state index contributed by atoms with van der Waals surface area (Å²) in [5.74, 6) is 0. The van der Waals surface area contributed by atoms with Gasteiger partial charge in [0.15, 0.2) is 0 Å². The molecule has 0 fully saturated rings. The number of benzene rings is 2. The molecule has 0 aliphatic heterocycles. The van der Waals surface area contributed by atoms with Crippen molar-refractivity contribution in [2.45, 2.75) is 20.3 Å². The zero-order chi connectivity index (χ0) is 10.4. The van der Waals surface area contributed by atoms with Gasteiger partial charge in [-0.05, 0) is 59.7 Å². The van der Waals surface area contributed by atoms with Crippen molar-refractivity contribution in [2.75, 3.05) is 0 Å². The molecule has 0 spiro atoms. The van der Waals surface area contributed by atoms with Crippen LogP contribution in [-0.2, 0) is 6.42 Å². The molecule has 0 heteroatoms. The van der Waals surface area contributed by atoms with Crippen molar-refractivity contribution >= 4 is 0 Å². The number of rotatable bonds is 0. The van der Waals surface area contributed by atoms with Crippen LogP contribution in [0.25, 0.3) is 11.1 Å². The first-order chi connectivity index (χ1) is 7.25. The van der Waals surface area contributed by atoms with E-state index in [2.05, 4.69) is 50.2 Å². The maximum atomic E-state index is 3.48. The van der Waals surface area contributed by atoms with Gasteiger partial charge in [0.25, 0.3) is 0 Å². The molecule has 0 N–H and O–H groups in total. The van der Waals surface area contributed by atoms with E-state index >= 15 is 0 Å². The minimum atomic E-state index is 1.05. The summed E-state index contributed by atoms with van der Waals surface area (Å²) in [6.45, 7) is 4.32. The summed E-state index contributed by atoms with van der Waals surface area (Å²) in [6, 6.07) is 14.4. The lowest BCUT2D eigenvalue weighted by Gasteiger charge is -2.06. The summed E-state index contributed by atoms with van der Waals surface area (Å²) in [7, 11) is 0. The first-order valence-electron chi connectivity index (χ1n) is 5.36. The minimum absolute atomic E-state index is 1.05. The van der Waals surface area contributed by atoms with E-state index in [0.29, 0.717) is 0 Å². The van der Waals surface area contributed by atoms with Gasteiger partial charge >= 0.3 is 0 Å². The summed E-state index contributed by atoms with van der Waals surface area (Å²) in [5, 5.41) is 0. The van der Waals surface area contributed by atoms with Crippen molar-refractivity contribution in [3.8, 4) is 11.1 Å².